The number of aliphatic carboxylic acids is 1. The maximum Gasteiger partial charge on any atom is 0.490 e. The Balaban J connectivity index is 0.000000298. The molecule has 2 N–H and O–H groups in total. The van der Waals surface area contributed by atoms with Gasteiger partial charge in [0.15, 0.2) is 0 Å². The number of rotatable bonds is 3. The Morgan fingerprint density at radius 1 is 1.46 bits per heavy atom. The number of anilines is 1. The zero-order valence-corrected chi connectivity index (χ0v) is 14.2. The van der Waals surface area contributed by atoms with Crippen LogP contribution in [0.25, 0.3) is 10.2 Å². The fourth-order valence-electron chi connectivity index (χ4n) is 1.70. The van der Waals surface area contributed by atoms with E-state index in [4.69, 9.17) is 32.3 Å². The molecule has 136 valence electrons. The van der Waals surface area contributed by atoms with Crippen LogP contribution in [0, 0.1) is 12.3 Å². The minimum atomic E-state index is -5.08. The Morgan fingerprint density at radius 2 is 2.15 bits per heavy atom. The summed E-state index contributed by atoms with van der Waals surface area (Å²) in [6, 6.07) is 3.72. The largest absolute Gasteiger partial charge is 0.490 e. The van der Waals surface area contributed by atoms with E-state index in [0.29, 0.717) is 17.9 Å². The molecule has 0 aliphatic rings. The van der Waals surface area contributed by atoms with E-state index in [1.165, 1.54) is 11.3 Å². The lowest BCUT2D eigenvalue weighted by Gasteiger charge is -2.05. The molecule has 3 rings (SSSR count). The molecule has 3 aromatic heterocycles. The summed E-state index contributed by atoms with van der Waals surface area (Å²) in [5, 5.41) is 12.3. The lowest BCUT2D eigenvalue weighted by atomic mass is 10.3. The third kappa shape index (κ3) is 4.87. The molecule has 0 aromatic carbocycles. The van der Waals surface area contributed by atoms with Crippen LogP contribution in [0.15, 0.2) is 28.2 Å². The fourth-order valence-corrected chi connectivity index (χ4v) is 2.78. The highest BCUT2D eigenvalue weighted by molar-refractivity contribution is 7.18. The van der Waals surface area contributed by atoms with Crippen molar-refractivity contribution in [1.29, 1.82) is 0 Å². The summed E-state index contributed by atoms with van der Waals surface area (Å²) in [5.74, 6) is 1.31. The van der Waals surface area contributed by atoms with Gasteiger partial charge in [0.25, 0.3) is 0 Å². The van der Waals surface area contributed by atoms with Gasteiger partial charge in [-0.25, -0.2) is 9.78 Å². The topological polar surface area (TPSA) is 88.3 Å². The molecule has 0 radical (unpaired) electrons. The molecule has 0 aliphatic carbocycles. The first-order chi connectivity index (χ1) is 12.2. The number of carboxylic acid groups (broad SMARTS) is 1. The maximum atomic E-state index is 10.6. The van der Waals surface area contributed by atoms with Gasteiger partial charge >= 0.3 is 12.1 Å². The fraction of sp³-hybridized carbons (Fsp3) is 0.133. The van der Waals surface area contributed by atoms with Crippen LogP contribution in [0.2, 0.25) is 5.28 Å². The van der Waals surface area contributed by atoms with E-state index in [1.54, 1.807) is 6.26 Å². The third-order valence-electron chi connectivity index (χ3n) is 2.80. The number of alkyl halides is 3. The van der Waals surface area contributed by atoms with Crippen molar-refractivity contribution >= 4 is 44.9 Å². The van der Waals surface area contributed by atoms with Gasteiger partial charge in [0, 0.05) is 5.38 Å². The Hall–Kier alpha value is -2.77. The monoisotopic (exact) mass is 403 g/mol. The van der Waals surface area contributed by atoms with Crippen LogP contribution in [-0.4, -0.2) is 27.2 Å². The van der Waals surface area contributed by atoms with Crippen LogP contribution < -0.4 is 5.32 Å². The number of hydrogen-bond acceptors (Lipinski definition) is 6. The van der Waals surface area contributed by atoms with E-state index in [9.17, 15) is 13.2 Å². The van der Waals surface area contributed by atoms with E-state index < -0.39 is 12.1 Å². The van der Waals surface area contributed by atoms with Gasteiger partial charge in [-0.15, -0.1) is 17.8 Å². The predicted octanol–water partition coefficient (Wildman–Crippen LogP) is 4.16. The summed E-state index contributed by atoms with van der Waals surface area (Å²) >= 11 is 7.41. The number of terminal acetylenes is 1. The van der Waals surface area contributed by atoms with Crippen LogP contribution in [-0.2, 0) is 11.3 Å². The number of thiophene rings is 1. The van der Waals surface area contributed by atoms with Crippen molar-refractivity contribution in [2.24, 2.45) is 0 Å². The zero-order valence-electron chi connectivity index (χ0n) is 12.7. The highest BCUT2D eigenvalue weighted by Gasteiger charge is 2.38. The van der Waals surface area contributed by atoms with Crippen LogP contribution in [0.1, 0.15) is 11.3 Å². The summed E-state index contributed by atoms with van der Waals surface area (Å²) < 4.78 is 37.9. The minimum absolute atomic E-state index is 0.171. The number of halogens is 4. The number of nitrogens with one attached hydrogen (secondary N) is 1. The SMILES string of the molecule is C#Cc1csc2c(NCc3ccco3)nc(Cl)nc12.O=C(O)C(F)(F)F. The molecular formula is C15H9ClF3N3O3S. The minimum Gasteiger partial charge on any atom is -0.475 e. The van der Waals surface area contributed by atoms with Gasteiger partial charge in [0.1, 0.15) is 17.1 Å². The van der Waals surface area contributed by atoms with Gasteiger partial charge in [0.2, 0.25) is 5.28 Å². The van der Waals surface area contributed by atoms with Crippen molar-refractivity contribution in [1.82, 2.24) is 9.97 Å². The number of carbonyl (C=O) groups is 1. The second-order valence-corrected chi connectivity index (χ2v) is 5.77. The van der Waals surface area contributed by atoms with Gasteiger partial charge < -0.3 is 14.8 Å². The highest BCUT2D eigenvalue weighted by atomic mass is 35.5. The van der Waals surface area contributed by atoms with E-state index >= 15 is 0 Å². The van der Waals surface area contributed by atoms with E-state index in [-0.39, 0.29) is 5.28 Å². The van der Waals surface area contributed by atoms with Crippen molar-refractivity contribution in [3.05, 3.63) is 40.4 Å². The highest BCUT2D eigenvalue weighted by Crippen LogP contribution is 2.30. The van der Waals surface area contributed by atoms with Gasteiger partial charge in [-0.1, -0.05) is 5.92 Å². The molecular weight excluding hydrogens is 395 g/mol. The molecule has 0 saturated carbocycles. The number of nitrogens with zero attached hydrogens (tertiary/aromatic N) is 2. The Bertz CT molecular complexity index is 949. The van der Waals surface area contributed by atoms with Gasteiger partial charge in [-0.3, -0.25) is 0 Å². The molecule has 0 bridgehead atoms. The van der Waals surface area contributed by atoms with Gasteiger partial charge in [-0.2, -0.15) is 18.2 Å². The van der Waals surface area contributed by atoms with E-state index in [0.717, 1.165) is 16.0 Å². The molecule has 0 fully saturated rings. The number of hydrogen-bond donors (Lipinski definition) is 2. The van der Waals surface area contributed by atoms with Gasteiger partial charge in [0.05, 0.1) is 23.1 Å². The second kappa shape index (κ2) is 8.07. The van der Waals surface area contributed by atoms with Crippen molar-refractivity contribution in [2.75, 3.05) is 5.32 Å². The molecule has 0 unspecified atom stereocenters. The van der Waals surface area contributed by atoms with Crippen LogP contribution >= 0.6 is 22.9 Å². The summed E-state index contributed by atoms with van der Waals surface area (Å²) in [6.45, 7) is 0.527. The van der Waals surface area contributed by atoms with Crippen molar-refractivity contribution in [3.8, 4) is 12.3 Å². The second-order valence-electron chi connectivity index (χ2n) is 4.55. The third-order valence-corrected chi connectivity index (χ3v) is 3.94. The Morgan fingerprint density at radius 3 is 2.69 bits per heavy atom. The Labute approximate surface area is 153 Å². The summed E-state index contributed by atoms with van der Waals surface area (Å²) in [6.07, 6.45) is 1.97. The number of furan rings is 1. The normalized spacial score (nSPS) is 10.7. The smallest absolute Gasteiger partial charge is 0.475 e. The first-order valence-electron chi connectivity index (χ1n) is 6.70. The number of fused-ring (bicyclic) bond motifs is 1. The lowest BCUT2D eigenvalue weighted by molar-refractivity contribution is -0.192. The van der Waals surface area contributed by atoms with Crippen molar-refractivity contribution in [2.45, 2.75) is 12.7 Å². The molecule has 11 heteroatoms. The standard InChI is InChI=1S/C13H8ClN3OS.C2HF3O2/c1-2-8-7-19-11-10(8)16-13(14)17-12(11)15-6-9-4-3-5-18-9;3-2(4,5)1(6)7/h1,3-5,7H,6H2,(H,15,16,17);(H,6,7). The molecule has 0 spiro atoms. The molecule has 3 aromatic rings. The number of aromatic nitrogens is 2. The van der Waals surface area contributed by atoms with E-state index in [2.05, 4.69) is 21.2 Å². The molecule has 0 atom stereocenters. The summed E-state index contributed by atoms with van der Waals surface area (Å²) in [5.41, 5.74) is 1.43. The molecule has 3 heterocycles. The molecule has 0 saturated heterocycles. The first-order valence-corrected chi connectivity index (χ1v) is 7.96. The summed E-state index contributed by atoms with van der Waals surface area (Å²) in [7, 11) is 0. The summed E-state index contributed by atoms with van der Waals surface area (Å²) in [4.78, 5) is 17.3. The van der Waals surface area contributed by atoms with Crippen LogP contribution in [0.3, 0.4) is 0 Å². The molecule has 6 nitrogen and oxygen atoms in total. The quantitative estimate of drug-likeness (QED) is 0.504. The van der Waals surface area contributed by atoms with Crippen LogP contribution in [0.4, 0.5) is 19.0 Å². The average molecular weight is 404 g/mol. The van der Waals surface area contributed by atoms with E-state index in [1.807, 2.05) is 17.5 Å². The van der Waals surface area contributed by atoms with Crippen molar-refractivity contribution < 1.29 is 27.5 Å². The average Bonchev–Trinajstić information content (AvgIpc) is 3.21. The first kappa shape index (κ1) is 19.6. The molecule has 0 aliphatic heterocycles. The van der Waals surface area contributed by atoms with Crippen molar-refractivity contribution in [3.63, 3.8) is 0 Å². The maximum absolute atomic E-state index is 10.6. The number of carboxylic acids is 1. The van der Waals surface area contributed by atoms with Crippen LogP contribution in [0.5, 0.6) is 0 Å². The Kier molecular flexibility index (Phi) is 6.07. The predicted molar refractivity (Wildman–Crippen MR) is 90.1 cm³/mol. The molecule has 0 amide bonds. The lowest BCUT2D eigenvalue weighted by Crippen LogP contribution is -2.21. The van der Waals surface area contributed by atoms with Gasteiger partial charge in [-0.05, 0) is 23.7 Å². The zero-order chi connectivity index (χ0) is 19.3. The molecule has 26 heavy (non-hydrogen) atoms.